The molecule has 0 saturated carbocycles. The number of hydrogen-bond donors (Lipinski definition) is 2. The molecule has 2 aromatic rings. The van der Waals surface area contributed by atoms with Crippen LogP contribution < -0.4 is 11.1 Å². The van der Waals surface area contributed by atoms with Gasteiger partial charge in [0.15, 0.2) is 0 Å². The van der Waals surface area contributed by atoms with Gasteiger partial charge in [0.05, 0.1) is 29.9 Å². The number of hydrogen-bond acceptors (Lipinski definition) is 4. The third-order valence-corrected chi connectivity index (χ3v) is 3.11. The number of amides is 1. The van der Waals surface area contributed by atoms with Gasteiger partial charge in [0.2, 0.25) is 0 Å². The lowest BCUT2D eigenvalue weighted by Gasteiger charge is -2.04. The lowest BCUT2D eigenvalue weighted by Crippen LogP contribution is -2.23. The Morgan fingerprint density at radius 1 is 1.50 bits per heavy atom. The van der Waals surface area contributed by atoms with Crippen molar-refractivity contribution in [2.24, 2.45) is 5.73 Å². The van der Waals surface area contributed by atoms with Gasteiger partial charge in [0.25, 0.3) is 5.91 Å². The van der Waals surface area contributed by atoms with Crippen LogP contribution >= 0.6 is 11.3 Å². The molecule has 1 heterocycles. The van der Waals surface area contributed by atoms with E-state index in [0.717, 1.165) is 11.8 Å². The lowest BCUT2D eigenvalue weighted by molar-refractivity contribution is 0.0950. The zero-order chi connectivity index (χ0) is 14.4. The van der Waals surface area contributed by atoms with Gasteiger partial charge < -0.3 is 11.1 Å². The lowest BCUT2D eigenvalue weighted by atomic mass is 10.1. The van der Waals surface area contributed by atoms with Crippen molar-refractivity contribution in [2.45, 2.75) is 6.54 Å². The zero-order valence-corrected chi connectivity index (χ0v) is 11.3. The van der Waals surface area contributed by atoms with E-state index < -0.39 is 5.82 Å². The van der Waals surface area contributed by atoms with Gasteiger partial charge in [-0.2, -0.15) is 0 Å². The first-order valence-electron chi connectivity index (χ1n) is 5.84. The Balaban J connectivity index is 2.05. The monoisotopic (exact) mass is 289 g/mol. The molecular weight excluding hydrogens is 277 g/mol. The summed E-state index contributed by atoms with van der Waals surface area (Å²) in [7, 11) is 0. The molecular formula is C14H12FN3OS. The summed E-state index contributed by atoms with van der Waals surface area (Å²) in [6.07, 6.45) is 0. The standard InChI is InChI=1S/C14H12FN3OS/c15-13-6-11(4-3-10(13)2-1-5-16)14(19)17-7-12-8-20-9-18-12/h3-4,6,8-9H,5,7,16H2,(H,17,19). The molecule has 1 aromatic heterocycles. The van der Waals surface area contributed by atoms with Crippen molar-refractivity contribution in [1.82, 2.24) is 10.3 Å². The van der Waals surface area contributed by atoms with Gasteiger partial charge >= 0.3 is 0 Å². The smallest absolute Gasteiger partial charge is 0.251 e. The van der Waals surface area contributed by atoms with E-state index in [0.29, 0.717) is 6.54 Å². The number of nitrogens with zero attached hydrogens (tertiary/aromatic N) is 1. The van der Waals surface area contributed by atoms with Crippen LogP contribution in [0, 0.1) is 17.7 Å². The van der Waals surface area contributed by atoms with E-state index >= 15 is 0 Å². The van der Waals surface area contributed by atoms with Gasteiger partial charge in [-0.05, 0) is 18.2 Å². The average Bonchev–Trinajstić information content (AvgIpc) is 2.96. The van der Waals surface area contributed by atoms with Crippen LogP contribution in [0.4, 0.5) is 4.39 Å². The van der Waals surface area contributed by atoms with E-state index in [1.54, 1.807) is 5.51 Å². The van der Waals surface area contributed by atoms with Crippen LogP contribution in [-0.2, 0) is 6.54 Å². The highest BCUT2D eigenvalue weighted by Gasteiger charge is 2.09. The molecule has 3 N–H and O–H groups in total. The average molecular weight is 289 g/mol. The number of carbonyl (C=O) groups is 1. The number of nitrogens with two attached hydrogens (primary N) is 1. The summed E-state index contributed by atoms with van der Waals surface area (Å²) in [5.74, 6) is 4.28. The second kappa shape index (κ2) is 6.80. The van der Waals surface area contributed by atoms with Gasteiger partial charge in [-0.15, -0.1) is 11.3 Å². The number of carbonyl (C=O) groups excluding carboxylic acids is 1. The number of aromatic nitrogens is 1. The Morgan fingerprint density at radius 2 is 2.35 bits per heavy atom. The summed E-state index contributed by atoms with van der Waals surface area (Å²) < 4.78 is 13.7. The molecule has 1 amide bonds. The minimum Gasteiger partial charge on any atom is -0.346 e. The highest BCUT2D eigenvalue weighted by Crippen LogP contribution is 2.10. The number of nitrogens with one attached hydrogen (secondary N) is 1. The molecule has 0 fully saturated rings. The molecule has 0 saturated heterocycles. The molecule has 2 rings (SSSR count). The fourth-order valence-electron chi connectivity index (χ4n) is 1.50. The van der Waals surface area contributed by atoms with Gasteiger partial charge in [-0.25, -0.2) is 9.37 Å². The molecule has 0 spiro atoms. The number of thiazole rings is 1. The molecule has 1 aromatic carbocycles. The van der Waals surface area contributed by atoms with Crippen molar-refractivity contribution < 1.29 is 9.18 Å². The van der Waals surface area contributed by atoms with Gasteiger partial charge in [-0.1, -0.05) is 11.8 Å². The summed E-state index contributed by atoms with van der Waals surface area (Å²) >= 11 is 1.45. The largest absolute Gasteiger partial charge is 0.346 e. The zero-order valence-electron chi connectivity index (χ0n) is 10.5. The number of benzene rings is 1. The molecule has 0 aliphatic heterocycles. The maximum absolute atomic E-state index is 13.7. The third kappa shape index (κ3) is 3.63. The van der Waals surface area contributed by atoms with Crippen molar-refractivity contribution >= 4 is 17.2 Å². The van der Waals surface area contributed by atoms with Crippen molar-refractivity contribution in [3.8, 4) is 11.8 Å². The highest BCUT2D eigenvalue weighted by molar-refractivity contribution is 7.07. The molecule has 0 aliphatic carbocycles. The van der Waals surface area contributed by atoms with E-state index in [4.69, 9.17) is 5.73 Å². The van der Waals surface area contributed by atoms with E-state index in [9.17, 15) is 9.18 Å². The Kier molecular flexibility index (Phi) is 4.82. The van der Waals surface area contributed by atoms with E-state index in [2.05, 4.69) is 22.1 Å². The molecule has 0 aliphatic rings. The maximum atomic E-state index is 13.7. The molecule has 0 bridgehead atoms. The Labute approximate surface area is 119 Å². The fourth-order valence-corrected chi connectivity index (χ4v) is 2.06. The Morgan fingerprint density at radius 3 is 3.00 bits per heavy atom. The summed E-state index contributed by atoms with van der Waals surface area (Å²) in [5.41, 5.74) is 8.16. The van der Waals surface area contributed by atoms with Crippen molar-refractivity contribution in [3.05, 3.63) is 51.7 Å². The van der Waals surface area contributed by atoms with Gasteiger partial charge in [-0.3, -0.25) is 4.79 Å². The van der Waals surface area contributed by atoms with E-state index in [1.165, 1.54) is 23.5 Å². The highest BCUT2D eigenvalue weighted by atomic mass is 32.1. The van der Waals surface area contributed by atoms with Crippen LogP contribution in [0.15, 0.2) is 29.1 Å². The summed E-state index contributed by atoms with van der Waals surface area (Å²) in [5, 5.41) is 4.51. The summed E-state index contributed by atoms with van der Waals surface area (Å²) in [4.78, 5) is 15.9. The van der Waals surface area contributed by atoms with Crippen molar-refractivity contribution in [1.29, 1.82) is 0 Å². The van der Waals surface area contributed by atoms with Crippen LogP contribution in [0.3, 0.4) is 0 Å². The topological polar surface area (TPSA) is 68.0 Å². The molecule has 0 atom stereocenters. The third-order valence-electron chi connectivity index (χ3n) is 2.47. The maximum Gasteiger partial charge on any atom is 0.251 e. The minimum absolute atomic E-state index is 0.162. The van der Waals surface area contributed by atoms with Crippen LogP contribution in [0.2, 0.25) is 0 Å². The number of rotatable bonds is 3. The normalized spacial score (nSPS) is 9.70. The quantitative estimate of drug-likeness (QED) is 0.842. The predicted octanol–water partition coefficient (Wildman–Crippen LogP) is 1.52. The van der Waals surface area contributed by atoms with Crippen LogP contribution in [-0.4, -0.2) is 17.4 Å². The second-order valence-electron chi connectivity index (χ2n) is 3.86. The summed E-state index contributed by atoms with van der Waals surface area (Å²) in [6.45, 7) is 0.480. The first-order valence-corrected chi connectivity index (χ1v) is 6.78. The SMILES string of the molecule is NCC#Cc1ccc(C(=O)NCc2cscn2)cc1F. The molecule has 0 radical (unpaired) electrons. The van der Waals surface area contributed by atoms with Gasteiger partial charge in [0, 0.05) is 10.9 Å². The van der Waals surface area contributed by atoms with Crippen molar-refractivity contribution in [3.63, 3.8) is 0 Å². The van der Waals surface area contributed by atoms with Crippen LogP contribution in [0.25, 0.3) is 0 Å². The molecule has 102 valence electrons. The summed E-state index contributed by atoms with van der Waals surface area (Å²) in [6, 6.07) is 4.16. The molecule has 20 heavy (non-hydrogen) atoms. The minimum atomic E-state index is -0.535. The Hall–Kier alpha value is -2.23. The number of halogens is 1. The van der Waals surface area contributed by atoms with E-state index in [-0.39, 0.29) is 23.6 Å². The first kappa shape index (κ1) is 14.2. The molecule has 6 heteroatoms. The fraction of sp³-hybridized carbons (Fsp3) is 0.143. The van der Waals surface area contributed by atoms with Crippen LogP contribution in [0.1, 0.15) is 21.6 Å². The Bertz CT molecular complexity index is 659. The second-order valence-corrected chi connectivity index (χ2v) is 4.58. The first-order chi connectivity index (χ1) is 9.70. The van der Waals surface area contributed by atoms with Crippen LogP contribution in [0.5, 0.6) is 0 Å². The van der Waals surface area contributed by atoms with Crippen molar-refractivity contribution in [2.75, 3.05) is 6.54 Å². The predicted molar refractivity (Wildman–Crippen MR) is 75.6 cm³/mol. The van der Waals surface area contributed by atoms with Gasteiger partial charge in [0.1, 0.15) is 5.82 Å². The molecule has 0 unspecified atom stereocenters. The van der Waals surface area contributed by atoms with E-state index in [1.807, 2.05) is 5.38 Å². The molecule has 4 nitrogen and oxygen atoms in total.